The van der Waals surface area contributed by atoms with Gasteiger partial charge >= 0.3 is 0 Å². The summed E-state index contributed by atoms with van der Waals surface area (Å²) in [7, 11) is -3.90. The number of anilines is 1. The number of carbonyl (C=O) groups excluding carboxylic acids is 2. The van der Waals surface area contributed by atoms with Gasteiger partial charge in [-0.05, 0) is 48.7 Å². The second-order valence-corrected chi connectivity index (χ2v) is 8.53. The van der Waals surface area contributed by atoms with Crippen molar-refractivity contribution in [1.29, 1.82) is 0 Å². The zero-order valence-electron chi connectivity index (χ0n) is 14.4. The maximum Gasteiger partial charge on any atom is 0.269 e. The first-order valence-electron chi connectivity index (χ1n) is 8.25. The summed E-state index contributed by atoms with van der Waals surface area (Å²) >= 11 is 5.86. The summed E-state index contributed by atoms with van der Waals surface area (Å²) in [6.45, 7) is 1.95. The van der Waals surface area contributed by atoms with Crippen molar-refractivity contribution >= 4 is 39.1 Å². The highest BCUT2D eigenvalue weighted by Crippen LogP contribution is 2.37. The topological polar surface area (TPSA) is 104 Å². The first-order chi connectivity index (χ1) is 12.8. The van der Waals surface area contributed by atoms with Crippen LogP contribution in [0.4, 0.5) is 5.69 Å². The molecule has 0 unspecified atom stereocenters. The summed E-state index contributed by atoms with van der Waals surface area (Å²) in [4.78, 5) is 23.9. The van der Waals surface area contributed by atoms with Gasteiger partial charge in [-0.3, -0.25) is 25.2 Å². The van der Waals surface area contributed by atoms with Crippen LogP contribution in [0.1, 0.15) is 23.7 Å². The minimum absolute atomic E-state index is 0.0843. The lowest BCUT2D eigenvalue weighted by atomic mass is 10.2. The number of benzene rings is 2. The molecule has 142 valence electrons. The van der Waals surface area contributed by atoms with Crippen molar-refractivity contribution < 1.29 is 18.0 Å². The van der Waals surface area contributed by atoms with Crippen molar-refractivity contribution in [3.05, 3.63) is 59.1 Å². The predicted octanol–water partition coefficient (Wildman–Crippen LogP) is 2.56. The molecule has 2 amide bonds. The third-order valence-electron chi connectivity index (χ3n) is 4.23. The Morgan fingerprint density at radius 2 is 1.78 bits per heavy atom. The normalized spacial score (nSPS) is 18.4. The quantitative estimate of drug-likeness (QED) is 0.662. The van der Waals surface area contributed by atoms with E-state index in [0.29, 0.717) is 16.6 Å². The molecular formula is C18H18ClN3O4S. The lowest BCUT2D eigenvalue weighted by molar-refractivity contribution is -0.123. The van der Waals surface area contributed by atoms with E-state index in [1.54, 1.807) is 18.2 Å². The molecule has 3 rings (SSSR count). The Labute approximate surface area is 162 Å². The fourth-order valence-corrected chi connectivity index (χ4v) is 3.83. The summed E-state index contributed by atoms with van der Waals surface area (Å²) in [5, 5.41) is 0.393. The van der Waals surface area contributed by atoms with Crippen LogP contribution in [0.3, 0.4) is 0 Å². The van der Waals surface area contributed by atoms with Crippen LogP contribution in [0.2, 0.25) is 5.02 Å². The van der Waals surface area contributed by atoms with Gasteiger partial charge in [0.1, 0.15) is 0 Å². The minimum Gasteiger partial charge on any atom is -0.280 e. The van der Waals surface area contributed by atoms with Crippen molar-refractivity contribution in [2.24, 2.45) is 11.8 Å². The van der Waals surface area contributed by atoms with Crippen LogP contribution in [0.15, 0.2) is 53.4 Å². The molecule has 2 aromatic rings. The average Bonchev–Trinajstić information content (AvgIpc) is 3.36. The van der Waals surface area contributed by atoms with Crippen LogP contribution in [0.25, 0.3) is 0 Å². The van der Waals surface area contributed by atoms with Crippen molar-refractivity contribution in [1.82, 2.24) is 10.9 Å². The van der Waals surface area contributed by atoms with Gasteiger partial charge in [0.05, 0.1) is 10.6 Å². The Morgan fingerprint density at radius 1 is 1.07 bits per heavy atom. The van der Waals surface area contributed by atoms with Gasteiger partial charge in [-0.2, -0.15) is 0 Å². The van der Waals surface area contributed by atoms with Crippen molar-refractivity contribution in [2.45, 2.75) is 18.2 Å². The maximum absolute atomic E-state index is 12.5. The van der Waals surface area contributed by atoms with Gasteiger partial charge in [0.2, 0.25) is 5.91 Å². The molecule has 1 saturated carbocycles. The fourth-order valence-electron chi connectivity index (χ4n) is 2.54. The number of amides is 2. The monoisotopic (exact) mass is 407 g/mol. The number of carbonyl (C=O) groups is 2. The van der Waals surface area contributed by atoms with E-state index in [1.807, 2.05) is 6.92 Å². The third kappa shape index (κ3) is 4.78. The second-order valence-electron chi connectivity index (χ2n) is 6.41. The SMILES string of the molecule is C[C@H]1C[C@@H]1C(=O)NNC(=O)c1cccc(S(=O)(=O)Nc2cccc(Cl)c2)c1. The lowest BCUT2D eigenvalue weighted by Crippen LogP contribution is -2.42. The zero-order valence-corrected chi connectivity index (χ0v) is 16.0. The maximum atomic E-state index is 12.5. The molecule has 0 bridgehead atoms. The first kappa shape index (κ1) is 19.2. The second kappa shape index (κ2) is 7.58. The molecule has 0 heterocycles. The standard InChI is InChI=1S/C18H18ClN3O4S/c1-11-8-16(11)18(24)21-20-17(23)12-4-2-7-15(9-12)27(25,26)22-14-6-3-5-13(19)10-14/h2-7,9-11,16,22H,8H2,1H3,(H,20,23)(H,21,24)/t11-,16-/m0/s1. The van der Waals surface area contributed by atoms with Crippen LogP contribution in [-0.4, -0.2) is 20.2 Å². The summed E-state index contributed by atoms with van der Waals surface area (Å²) in [5.74, 6) is -0.620. The van der Waals surface area contributed by atoms with E-state index in [2.05, 4.69) is 15.6 Å². The summed E-state index contributed by atoms with van der Waals surface area (Å²) < 4.78 is 27.5. The smallest absolute Gasteiger partial charge is 0.269 e. The molecule has 1 aliphatic carbocycles. The highest BCUT2D eigenvalue weighted by atomic mass is 35.5. The Balaban J connectivity index is 1.70. The summed E-state index contributed by atoms with van der Waals surface area (Å²) in [5.41, 5.74) is 5.08. The summed E-state index contributed by atoms with van der Waals surface area (Å²) in [6.07, 6.45) is 0.796. The molecule has 7 nitrogen and oxygen atoms in total. The molecule has 2 aromatic carbocycles. The third-order valence-corrected chi connectivity index (χ3v) is 5.84. The number of sulfonamides is 1. The number of nitrogens with one attached hydrogen (secondary N) is 3. The molecule has 0 aromatic heterocycles. The average molecular weight is 408 g/mol. The Kier molecular flexibility index (Phi) is 5.38. The van der Waals surface area contributed by atoms with Crippen LogP contribution >= 0.6 is 11.6 Å². The van der Waals surface area contributed by atoms with Gasteiger partial charge in [-0.15, -0.1) is 0 Å². The van der Waals surface area contributed by atoms with Gasteiger partial charge < -0.3 is 0 Å². The van der Waals surface area contributed by atoms with E-state index in [9.17, 15) is 18.0 Å². The van der Waals surface area contributed by atoms with Crippen molar-refractivity contribution in [3.63, 3.8) is 0 Å². The fraction of sp³-hybridized carbons (Fsp3) is 0.222. The molecule has 3 N–H and O–H groups in total. The van der Waals surface area contributed by atoms with Crippen molar-refractivity contribution in [2.75, 3.05) is 4.72 Å². The van der Waals surface area contributed by atoms with E-state index in [-0.39, 0.29) is 22.3 Å². The molecule has 1 aliphatic rings. The highest BCUT2D eigenvalue weighted by Gasteiger charge is 2.39. The number of hydrogen-bond acceptors (Lipinski definition) is 4. The lowest BCUT2D eigenvalue weighted by Gasteiger charge is -2.10. The van der Waals surface area contributed by atoms with Gasteiger partial charge in [-0.1, -0.05) is 30.7 Å². The number of halogens is 1. The number of rotatable bonds is 5. The first-order valence-corrected chi connectivity index (χ1v) is 10.1. The van der Waals surface area contributed by atoms with Gasteiger partial charge in [-0.25, -0.2) is 8.42 Å². The summed E-state index contributed by atoms with van der Waals surface area (Å²) in [6, 6.07) is 11.8. The largest absolute Gasteiger partial charge is 0.280 e. The Morgan fingerprint density at radius 3 is 2.44 bits per heavy atom. The molecule has 0 saturated heterocycles. The minimum atomic E-state index is -3.90. The van der Waals surface area contributed by atoms with Crippen LogP contribution in [0, 0.1) is 11.8 Å². The highest BCUT2D eigenvalue weighted by molar-refractivity contribution is 7.92. The molecular weight excluding hydrogens is 390 g/mol. The number of hydrazine groups is 1. The molecule has 0 spiro atoms. The molecule has 1 fully saturated rings. The molecule has 2 atom stereocenters. The van der Waals surface area contributed by atoms with E-state index < -0.39 is 15.9 Å². The van der Waals surface area contributed by atoms with Gasteiger partial charge in [0, 0.05) is 16.5 Å². The van der Waals surface area contributed by atoms with E-state index >= 15 is 0 Å². The van der Waals surface area contributed by atoms with Gasteiger partial charge in [0.25, 0.3) is 15.9 Å². The molecule has 0 aliphatic heterocycles. The van der Waals surface area contributed by atoms with Crippen LogP contribution in [0.5, 0.6) is 0 Å². The van der Waals surface area contributed by atoms with Crippen LogP contribution in [-0.2, 0) is 14.8 Å². The molecule has 0 radical (unpaired) electrons. The predicted molar refractivity (Wildman–Crippen MR) is 102 cm³/mol. The van der Waals surface area contributed by atoms with Crippen molar-refractivity contribution in [3.8, 4) is 0 Å². The Hall–Kier alpha value is -2.58. The van der Waals surface area contributed by atoms with Crippen LogP contribution < -0.4 is 15.6 Å². The number of hydrogen-bond donors (Lipinski definition) is 3. The Bertz CT molecular complexity index is 994. The van der Waals surface area contributed by atoms with E-state index in [0.717, 1.165) is 6.42 Å². The van der Waals surface area contributed by atoms with E-state index in [4.69, 9.17) is 11.6 Å². The molecule has 27 heavy (non-hydrogen) atoms. The van der Waals surface area contributed by atoms with Gasteiger partial charge in [0.15, 0.2) is 0 Å². The molecule has 9 heteroatoms. The van der Waals surface area contributed by atoms with E-state index in [1.165, 1.54) is 30.3 Å². The zero-order chi connectivity index (χ0) is 19.6.